The highest BCUT2D eigenvalue weighted by atomic mass is 35.5. The van der Waals surface area contributed by atoms with Crippen LogP contribution >= 0.6 is 11.6 Å². The first-order valence-corrected chi connectivity index (χ1v) is 9.01. The summed E-state index contributed by atoms with van der Waals surface area (Å²) in [5, 5.41) is 18.6. The molecule has 0 fully saturated rings. The Balaban J connectivity index is 1.52. The first-order chi connectivity index (χ1) is 14.0. The summed E-state index contributed by atoms with van der Waals surface area (Å²) in [6, 6.07) is 11.6. The molecule has 0 spiro atoms. The first-order valence-electron chi connectivity index (χ1n) is 8.63. The molecule has 1 amide bonds. The molecule has 0 aliphatic carbocycles. The summed E-state index contributed by atoms with van der Waals surface area (Å²) < 4.78 is 17.2. The molecule has 4 aromatic rings. The van der Waals surface area contributed by atoms with Crippen LogP contribution in [0.3, 0.4) is 0 Å². The number of nitrogens with zero attached hydrogens (tertiary/aromatic N) is 6. The standard InChI is InChI=1S/C19H15ClFN7O/c1-12-24-25-26-28(12)15-6-7-17(21)18(8-15)23-19(29)14-9-22-27(11-14)10-13-4-2-3-5-16(13)20/h2-9,11H,10H2,1H3,(H,23,29). The van der Waals surface area contributed by atoms with Gasteiger partial charge in [-0.05, 0) is 47.2 Å². The van der Waals surface area contributed by atoms with Gasteiger partial charge in [-0.3, -0.25) is 9.48 Å². The molecule has 0 aliphatic rings. The smallest absolute Gasteiger partial charge is 0.258 e. The topological polar surface area (TPSA) is 90.5 Å². The molecule has 4 rings (SSSR count). The van der Waals surface area contributed by atoms with Gasteiger partial charge in [0.2, 0.25) is 0 Å². The molecule has 2 heterocycles. The Morgan fingerprint density at radius 1 is 1.24 bits per heavy atom. The second-order valence-corrected chi connectivity index (χ2v) is 6.68. The summed E-state index contributed by atoms with van der Waals surface area (Å²) >= 11 is 6.16. The number of carbonyl (C=O) groups is 1. The summed E-state index contributed by atoms with van der Waals surface area (Å²) in [6.45, 7) is 2.13. The third kappa shape index (κ3) is 3.99. The van der Waals surface area contributed by atoms with E-state index in [0.717, 1.165) is 5.56 Å². The second-order valence-electron chi connectivity index (χ2n) is 6.27. The zero-order chi connectivity index (χ0) is 20.4. The minimum Gasteiger partial charge on any atom is -0.319 e. The molecule has 2 aromatic carbocycles. The Hall–Kier alpha value is -3.59. The van der Waals surface area contributed by atoms with Crippen molar-refractivity contribution >= 4 is 23.2 Å². The number of hydrogen-bond donors (Lipinski definition) is 1. The highest BCUT2D eigenvalue weighted by Gasteiger charge is 2.14. The summed E-state index contributed by atoms with van der Waals surface area (Å²) in [5.74, 6) is -0.522. The van der Waals surface area contributed by atoms with Crippen LogP contribution in [0, 0.1) is 12.7 Å². The van der Waals surface area contributed by atoms with Crippen LogP contribution in [-0.4, -0.2) is 35.9 Å². The number of hydrogen-bond acceptors (Lipinski definition) is 5. The molecule has 8 nitrogen and oxygen atoms in total. The fourth-order valence-corrected chi connectivity index (χ4v) is 2.97. The molecule has 0 unspecified atom stereocenters. The van der Waals surface area contributed by atoms with Gasteiger partial charge in [-0.2, -0.15) is 9.78 Å². The number of halogens is 2. The molecule has 1 N–H and O–H groups in total. The highest BCUT2D eigenvalue weighted by molar-refractivity contribution is 6.31. The van der Waals surface area contributed by atoms with E-state index in [4.69, 9.17) is 11.6 Å². The number of anilines is 1. The number of aromatic nitrogens is 6. The Labute approximate surface area is 169 Å². The van der Waals surface area contributed by atoms with Gasteiger partial charge in [-0.25, -0.2) is 4.39 Å². The van der Waals surface area contributed by atoms with Crippen molar-refractivity contribution in [1.82, 2.24) is 30.0 Å². The van der Waals surface area contributed by atoms with Crippen LogP contribution in [0.2, 0.25) is 5.02 Å². The van der Waals surface area contributed by atoms with Crippen LogP contribution in [0.25, 0.3) is 5.69 Å². The SMILES string of the molecule is Cc1nnnn1-c1ccc(F)c(NC(=O)c2cnn(Cc3ccccc3Cl)c2)c1. The van der Waals surface area contributed by atoms with Crippen molar-refractivity contribution in [2.75, 3.05) is 5.32 Å². The van der Waals surface area contributed by atoms with Crippen molar-refractivity contribution in [3.8, 4) is 5.69 Å². The van der Waals surface area contributed by atoms with Gasteiger partial charge in [0.25, 0.3) is 5.91 Å². The van der Waals surface area contributed by atoms with Gasteiger partial charge >= 0.3 is 0 Å². The number of rotatable bonds is 5. The van der Waals surface area contributed by atoms with Crippen molar-refractivity contribution < 1.29 is 9.18 Å². The monoisotopic (exact) mass is 411 g/mol. The van der Waals surface area contributed by atoms with E-state index < -0.39 is 11.7 Å². The lowest BCUT2D eigenvalue weighted by atomic mass is 10.2. The van der Waals surface area contributed by atoms with Crippen LogP contribution in [0.15, 0.2) is 54.9 Å². The molecule has 0 aliphatic heterocycles. The molecule has 0 saturated heterocycles. The van der Waals surface area contributed by atoms with Crippen LogP contribution < -0.4 is 5.32 Å². The Morgan fingerprint density at radius 3 is 2.83 bits per heavy atom. The molecule has 29 heavy (non-hydrogen) atoms. The van der Waals surface area contributed by atoms with Gasteiger partial charge in [0.05, 0.1) is 29.7 Å². The van der Waals surface area contributed by atoms with Gasteiger partial charge < -0.3 is 5.32 Å². The minimum absolute atomic E-state index is 0.0150. The number of aryl methyl sites for hydroxylation is 1. The van der Waals surface area contributed by atoms with E-state index in [9.17, 15) is 9.18 Å². The van der Waals surface area contributed by atoms with E-state index in [1.54, 1.807) is 23.9 Å². The molecule has 10 heteroatoms. The lowest BCUT2D eigenvalue weighted by molar-refractivity contribution is 0.102. The van der Waals surface area contributed by atoms with Crippen LogP contribution in [0.1, 0.15) is 21.7 Å². The lowest BCUT2D eigenvalue weighted by Crippen LogP contribution is -2.13. The maximum atomic E-state index is 14.2. The van der Waals surface area contributed by atoms with E-state index in [-0.39, 0.29) is 5.69 Å². The zero-order valence-electron chi connectivity index (χ0n) is 15.3. The van der Waals surface area contributed by atoms with Crippen molar-refractivity contribution in [1.29, 1.82) is 0 Å². The summed E-state index contributed by atoms with van der Waals surface area (Å²) in [7, 11) is 0. The predicted molar refractivity (Wildman–Crippen MR) is 105 cm³/mol. The van der Waals surface area contributed by atoms with Gasteiger partial charge in [-0.15, -0.1) is 5.10 Å². The Kier molecular flexibility index (Phi) is 5.05. The van der Waals surface area contributed by atoms with Gasteiger partial charge in [0.1, 0.15) is 5.82 Å². The van der Waals surface area contributed by atoms with Crippen LogP contribution in [0.4, 0.5) is 10.1 Å². The Morgan fingerprint density at radius 2 is 2.07 bits per heavy atom. The third-order valence-corrected chi connectivity index (χ3v) is 4.62. The predicted octanol–water partition coefficient (Wildman–Crippen LogP) is 3.26. The largest absolute Gasteiger partial charge is 0.319 e. The molecule has 2 aromatic heterocycles. The van der Waals surface area contributed by atoms with E-state index >= 15 is 0 Å². The normalized spacial score (nSPS) is 10.9. The molecule has 0 saturated carbocycles. The quantitative estimate of drug-likeness (QED) is 0.544. The van der Waals surface area contributed by atoms with Crippen molar-refractivity contribution in [3.05, 3.63) is 82.6 Å². The summed E-state index contributed by atoms with van der Waals surface area (Å²) in [6.07, 6.45) is 2.99. The average Bonchev–Trinajstić information content (AvgIpc) is 3.34. The summed E-state index contributed by atoms with van der Waals surface area (Å²) in [4.78, 5) is 12.6. The average molecular weight is 412 g/mol. The molecule has 0 radical (unpaired) electrons. The second kappa shape index (κ2) is 7.80. The van der Waals surface area contributed by atoms with E-state index in [2.05, 4.69) is 25.9 Å². The van der Waals surface area contributed by atoms with Crippen molar-refractivity contribution in [2.45, 2.75) is 13.5 Å². The van der Waals surface area contributed by atoms with Gasteiger partial charge in [0.15, 0.2) is 5.82 Å². The number of amides is 1. The maximum Gasteiger partial charge on any atom is 0.258 e. The zero-order valence-corrected chi connectivity index (χ0v) is 16.0. The minimum atomic E-state index is -0.573. The van der Waals surface area contributed by atoms with Crippen molar-refractivity contribution in [3.63, 3.8) is 0 Å². The first kappa shape index (κ1) is 18.8. The molecule has 146 valence electrons. The number of carbonyl (C=O) groups excluding carboxylic acids is 1. The molecular weight excluding hydrogens is 397 g/mol. The number of benzene rings is 2. The third-order valence-electron chi connectivity index (χ3n) is 4.25. The fraction of sp³-hybridized carbons (Fsp3) is 0.105. The van der Waals surface area contributed by atoms with Gasteiger partial charge in [0, 0.05) is 11.2 Å². The fourth-order valence-electron chi connectivity index (χ4n) is 2.77. The van der Waals surface area contributed by atoms with E-state index in [1.165, 1.54) is 29.1 Å². The summed E-state index contributed by atoms with van der Waals surface area (Å²) in [5.41, 5.74) is 1.71. The molecule has 0 atom stereocenters. The number of nitrogens with one attached hydrogen (secondary N) is 1. The number of tetrazole rings is 1. The van der Waals surface area contributed by atoms with Crippen molar-refractivity contribution in [2.24, 2.45) is 0 Å². The lowest BCUT2D eigenvalue weighted by Gasteiger charge is -2.08. The highest BCUT2D eigenvalue weighted by Crippen LogP contribution is 2.20. The molecular formula is C19H15ClFN7O. The Bertz CT molecular complexity index is 1190. The van der Waals surface area contributed by atoms with E-state index in [1.807, 2.05) is 18.2 Å². The van der Waals surface area contributed by atoms with Gasteiger partial charge in [-0.1, -0.05) is 29.8 Å². The molecule has 0 bridgehead atoms. The van der Waals surface area contributed by atoms with E-state index in [0.29, 0.717) is 28.6 Å². The van der Waals surface area contributed by atoms with Crippen LogP contribution in [-0.2, 0) is 6.54 Å². The maximum absolute atomic E-state index is 14.2. The van der Waals surface area contributed by atoms with Crippen LogP contribution in [0.5, 0.6) is 0 Å².